The van der Waals surface area contributed by atoms with Gasteiger partial charge in [-0.05, 0) is 47.3 Å². The van der Waals surface area contributed by atoms with E-state index < -0.39 is 0 Å². The molecule has 0 radical (unpaired) electrons. The molecule has 18 heavy (non-hydrogen) atoms. The van der Waals surface area contributed by atoms with Gasteiger partial charge in [0.2, 0.25) is 0 Å². The van der Waals surface area contributed by atoms with E-state index >= 15 is 0 Å². The summed E-state index contributed by atoms with van der Waals surface area (Å²) in [5, 5.41) is 0. The van der Waals surface area contributed by atoms with Crippen molar-refractivity contribution in [2.24, 2.45) is 0 Å². The van der Waals surface area contributed by atoms with Crippen molar-refractivity contribution < 1.29 is 9.47 Å². The normalized spacial score (nSPS) is 25.7. The maximum absolute atomic E-state index is 6.09. The molecule has 1 aliphatic carbocycles. The van der Waals surface area contributed by atoms with Gasteiger partial charge in [0, 0.05) is 18.5 Å². The number of rotatable bonds is 2. The van der Waals surface area contributed by atoms with Crippen LogP contribution in [0.1, 0.15) is 32.1 Å². The first-order valence-corrected chi connectivity index (χ1v) is 7.32. The minimum atomic E-state index is 0.121. The van der Waals surface area contributed by atoms with Gasteiger partial charge in [-0.3, -0.25) is 0 Å². The molecule has 2 N–H and O–H groups in total. The van der Waals surface area contributed by atoms with Crippen molar-refractivity contribution in [3.05, 3.63) is 22.7 Å². The first-order valence-electron chi connectivity index (χ1n) is 6.53. The van der Waals surface area contributed by atoms with Gasteiger partial charge in [-0.2, -0.15) is 0 Å². The summed E-state index contributed by atoms with van der Waals surface area (Å²) in [6.45, 7) is 0.810. The van der Waals surface area contributed by atoms with Crippen LogP contribution in [-0.4, -0.2) is 18.3 Å². The molecule has 2 aliphatic rings. The van der Waals surface area contributed by atoms with Crippen molar-refractivity contribution >= 4 is 21.6 Å². The van der Waals surface area contributed by atoms with Gasteiger partial charge in [0.25, 0.3) is 0 Å². The second-order valence-electron chi connectivity index (χ2n) is 5.28. The van der Waals surface area contributed by atoms with Crippen LogP contribution in [0.5, 0.6) is 5.75 Å². The lowest BCUT2D eigenvalue weighted by Crippen LogP contribution is -2.48. The third kappa shape index (κ3) is 2.24. The van der Waals surface area contributed by atoms with Crippen molar-refractivity contribution in [2.45, 2.75) is 43.8 Å². The van der Waals surface area contributed by atoms with E-state index in [-0.39, 0.29) is 11.7 Å². The number of hydrogen-bond donors (Lipinski definition) is 1. The number of nitrogen functional groups attached to an aromatic ring is 1. The first-order chi connectivity index (χ1) is 8.69. The molecule has 1 unspecified atom stereocenters. The second kappa shape index (κ2) is 4.74. The highest BCUT2D eigenvalue weighted by Gasteiger charge is 2.43. The van der Waals surface area contributed by atoms with Crippen LogP contribution in [0, 0.1) is 0 Å². The SMILES string of the molecule is Nc1cccc(OC2CCOC3(CCC3)C2)c1Br. The maximum Gasteiger partial charge on any atom is 0.135 e. The summed E-state index contributed by atoms with van der Waals surface area (Å²) >= 11 is 3.49. The molecule has 0 aromatic heterocycles. The molecule has 1 spiro atoms. The Morgan fingerprint density at radius 1 is 1.39 bits per heavy atom. The molecule has 1 heterocycles. The lowest BCUT2D eigenvalue weighted by Gasteiger charge is -2.46. The number of anilines is 1. The number of ether oxygens (including phenoxy) is 2. The molecule has 1 aromatic rings. The summed E-state index contributed by atoms with van der Waals surface area (Å²) in [7, 11) is 0. The van der Waals surface area contributed by atoms with Crippen LogP contribution in [0.25, 0.3) is 0 Å². The van der Waals surface area contributed by atoms with Crippen molar-refractivity contribution in [3.8, 4) is 5.75 Å². The van der Waals surface area contributed by atoms with Crippen molar-refractivity contribution in [1.29, 1.82) is 0 Å². The fourth-order valence-corrected chi connectivity index (χ4v) is 3.16. The van der Waals surface area contributed by atoms with Crippen molar-refractivity contribution in [1.82, 2.24) is 0 Å². The fraction of sp³-hybridized carbons (Fsp3) is 0.571. The Labute approximate surface area is 116 Å². The fourth-order valence-electron chi connectivity index (χ4n) is 2.80. The Balaban J connectivity index is 1.70. The highest BCUT2D eigenvalue weighted by atomic mass is 79.9. The average Bonchev–Trinajstić information content (AvgIpc) is 2.34. The van der Waals surface area contributed by atoms with Crippen LogP contribution >= 0.6 is 15.9 Å². The largest absolute Gasteiger partial charge is 0.489 e. The number of nitrogens with two attached hydrogens (primary N) is 1. The monoisotopic (exact) mass is 311 g/mol. The first kappa shape index (κ1) is 12.3. The van der Waals surface area contributed by atoms with Crippen molar-refractivity contribution in [2.75, 3.05) is 12.3 Å². The van der Waals surface area contributed by atoms with Gasteiger partial charge in [-0.1, -0.05) is 6.07 Å². The van der Waals surface area contributed by atoms with E-state index in [1.807, 2.05) is 18.2 Å². The number of halogens is 1. The molecule has 3 rings (SSSR count). The summed E-state index contributed by atoms with van der Waals surface area (Å²) in [4.78, 5) is 0. The van der Waals surface area contributed by atoms with Gasteiger partial charge in [0.1, 0.15) is 11.9 Å². The molecular weight excluding hydrogens is 294 g/mol. The van der Waals surface area contributed by atoms with Gasteiger partial charge >= 0.3 is 0 Å². The van der Waals surface area contributed by atoms with Crippen LogP contribution in [0.4, 0.5) is 5.69 Å². The van der Waals surface area contributed by atoms with Crippen molar-refractivity contribution in [3.63, 3.8) is 0 Å². The molecule has 1 saturated heterocycles. The van der Waals surface area contributed by atoms with E-state index in [1.54, 1.807) is 0 Å². The van der Waals surface area contributed by atoms with Crippen LogP contribution in [0.15, 0.2) is 22.7 Å². The Morgan fingerprint density at radius 3 is 2.94 bits per heavy atom. The van der Waals surface area contributed by atoms with E-state index in [4.69, 9.17) is 15.2 Å². The minimum Gasteiger partial charge on any atom is -0.489 e. The van der Waals surface area contributed by atoms with Gasteiger partial charge < -0.3 is 15.2 Å². The van der Waals surface area contributed by atoms with E-state index in [0.717, 1.165) is 35.4 Å². The Morgan fingerprint density at radius 2 is 2.22 bits per heavy atom. The van der Waals surface area contributed by atoms with Crippen LogP contribution in [0.3, 0.4) is 0 Å². The van der Waals surface area contributed by atoms with Gasteiger partial charge in [-0.25, -0.2) is 0 Å². The third-order valence-electron chi connectivity index (χ3n) is 4.00. The standard InChI is InChI=1S/C14H18BrNO2/c15-13-11(16)3-1-4-12(13)18-10-5-8-17-14(9-10)6-2-7-14/h1,3-4,10H,2,5-9,16H2. The van der Waals surface area contributed by atoms with Gasteiger partial charge in [0.05, 0.1) is 16.7 Å². The van der Waals surface area contributed by atoms with Crippen LogP contribution < -0.4 is 10.5 Å². The lowest BCUT2D eigenvalue weighted by molar-refractivity contribution is -0.153. The molecular formula is C14H18BrNO2. The van der Waals surface area contributed by atoms with Gasteiger partial charge in [-0.15, -0.1) is 0 Å². The highest BCUT2D eigenvalue weighted by Crippen LogP contribution is 2.43. The quantitative estimate of drug-likeness (QED) is 0.850. The third-order valence-corrected chi connectivity index (χ3v) is 4.85. The topological polar surface area (TPSA) is 44.5 Å². The lowest BCUT2D eigenvalue weighted by atomic mass is 9.74. The zero-order valence-corrected chi connectivity index (χ0v) is 11.9. The highest BCUT2D eigenvalue weighted by molar-refractivity contribution is 9.10. The summed E-state index contributed by atoms with van der Waals surface area (Å²) < 4.78 is 12.9. The average molecular weight is 312 g/mol. The van der Waals surface area contributed by atoms with E-state index in [9.17, 15) is 0 Å². The molecule has 0 amide bonds. The Kier molecular flexibility index (Phi) is 3.24. The summed E-state index contributed by atoms with van der Waals surface area (Å²) in [6.07, 6.45) is 5.87. The van der Waals surface area contributed by atoms with E-state index in [0.29, 0.717) is 0 Å². The maximum atomic E-state index is 6.09. The van der Waals surface area contributed by atoms with Crippen LogP contribution in [0.2, 0.25) is 0 Å². The molecule has 98 valence electrons. The summed E-state index contributed by atoms with van der Waals surface area (Å²) in [5.74, 6) is 0.844. The molecule has 1 saturated carbocycles. The number of hydrogen-bond acceptors (Lipinski definition) is 3. The smallest absolute Gasteiger partial charge is 0.135 e. The number of benzene rings is 1. The van der Waals surface area contributed by atoms with E-state index in [1.165, 1.54) is 19.3 Å². The predicted molar refractivity (Wildman–Crippen MR) is 74.7 cm³/mol. The van der Waals surface area contributed by atoms with Gasteiger partial charge in [0.15, 0.2) is 0 Å². The van der Waals surface area contributed by atoms with E-state index in [2.05, 4.69) is 15.9 Å². The zero-order chi connectivity index (χ0) is 12.6. The molecule has 2 fully saturated rings. The summed E-state index contributed by atoms with van der Waals surface area (Å²) in [5.41, 5.74) is 6.71. The molecule has 1 aliphatic heterocycles. The zero-order valence-electron chi connectivity index (χ0n) is 10.3. The molecule has 4 heteroatoms. The Bertz CT molecular complexity index is 445. The second-order valence-corrected chi connectivity index (χ2v) is 6.07. The predicted octanol–water partition coefficient (Wildman–Crippen LogP) is 3.51. The molecule has 1 atom stereocenters. The van der Waals surface area contributed by atoms with Crippen LogP contribution in [-0.2, 0) is 4.74 Å². The summed E-state index contributed by atoms with van der Waals surface area (Å²) in [6, 6.07) is 5.76. The minimum absolute atomic E-state index is 0.121. The molecule has 0 bridgehead atoms. The Hall–Kier alpha value is -0.740. The molecule has 3 nitrogen and oxygen atoms in total. The molecule has 1 aromatic carbocycles.